The molecule has 178 valence electrons. The number of nitro benzene ring substituents is 1. The van der Waals surface area contributed by atoms with Crippen molar-refractivity contribution in [1.29, 1.82) is 0 Å². The van der Waals surface area contributed by atoms with Crippen LogP contribution in [0.15, 0.2) is 70.2 Å². The summed E-state index contributed by atoms with van der Waals surface area (Å²) >= 11 is 0. The van der Waals surface area contributed by atoms with Crippen LogP contribution in [0.5, 0.6) is 5.75 Å². The number of carbonyl (C=O) groups is 1. The number of nitro groups is 1. The molecule has 2 aromatic carbocycles. The predicted molar refractivity (Wildman–Crippen MR) is 126 cm³/mol. The molecule has 0 fully saturated rings. The van der Waals surface area contributed by atoms with Gasteiger partial charge in [-0.15, -0.1) is 0 Å². The second-order valence-electron chi connectivity index (χ2n) is 7.00. The average Bonchev–Trinajstić information content (AvgIpc) is 3.27. The van der Waals surface area contributed by atoms with Gasteiger partial charge in [0.15, 0.2) is 0 Å². The van der Waals surface area contributed by atoms with E-state index in [0.29, 0.717) is 35.1 Å². The molecule has 0 aliphatic heterocycles. The van der Waals surface area contributed by atoms with Crippen molar-refractivity contribution in [3.8, 4) is 17.1 Å². The minimum Gasteiger partial charge on any atom is -0.494 e. The van der Waals surface area contributed by atoms with Crippen LogP contribution >= 0.6 is 0 Å². The smallest absolute Gasteiger partial charge is 0.269 e. The molecule has 0 atom stereocenters. The lowest BCUT2D eigenvalue weighted by Crippen LogP contribution is -2.39. The molecular formula is C22H22N4O7S. The quantitative estimate of drug-likeness (QED) is 0.263. The molecule has 1 N–H and O–H groups in total. The maximum Gasteiger partial charge on any atom is 0.269 e. The van der Waals surface area contributed by atoms with E-state index in [-0.39, 0.29) is 5.69 Å². The van der Waals surface area contributed by atoms with Gasteiger partial charge in [0.25, 0.3) is 11.6 Å². The molecule has 1 amide bonds. The Labute approximate surface area is 195 Å². The fraction of sp³-hybridized carbons (Fsp3) is 0.182. The number of amides is 1. The first-order chi connectivity index (χ1) is 16.2. The van der Waals surface area contributed by atoms with Gasteiger partial charge in [-0.2, -0.15) is 5.10 Å². The van der Waals surface area contributed by atoms with Crippen molar-refractivity contribution in [3.63, 3.8) is 0 Å². The molecule has 0 unspecified atom stereocenters. The Balaban J connectivity index is 1.62. The van der Waals surface area contributed by atoms with Gasteiger partial charge in [-0.1, -0.05) is 0 Å². The standard InChI is InChI=1S/C22H22N4O7S/c1-3-32-19-10-8-17(9-11-19)25(34(2,30)31)15-22(27)24-23-14-20-12-13-21(33-20)16-4-6-18(7-5-16)26(28)29/h4-14H,3,15H2,1-2H3,(H,24,27)/b23-14-. The number of anilines is 1. The summed E-state index contributed by atoms with van der Waals surface area (Å²) in [6.45, 7) is 1.83. The summed E-state index contributed by atoms with van der Waals surface area (Å²) in [5.41, 5.74) is 3.18. The molecule has 11 nitrogen and oxygen atoms in total. The largest absolute Gasteiger partial charge is 0.494 e. The Hall–Kier alpha value is -4.19. The summed E-state index contributed by atoms with van der Waals surface area (Å²) < 4.78 is 36.3. The lowest BCUT2D eigenvalue weighted by atomic mass is 10.1. The van der Waals surface area contributed by atoms with E-state index in [0.717, 1.165) is 10.6 Å². The second kappa shape index (κ2) is 10.6. The summed E-state index contributed by atoms with van der Waals surface area (Å²) in [5.74, 6) is 0.708. The maximum absolute atomic E-state index is 12.3. The topological polar surface area (TPSA) is 144 Å². The van der Waals surface area contributed by atoms with Crippen LogP contribution in [-0.4, -0.2) is 44.9 Å². The highest BCUT2D eigenvalue weighted by atomic mass is 32.2. The molecule has 1 aromatic heterocycles. The highest BCUT2D eigenvalue weighted by Gasteiger charge is 2.20. The van der Waals surface area contributed by atoms with Gasteiger partial charge in [0, 0.05) is 17.7 Å². The molecule has 0 bridgehead atoms. The molecule has 0 radical (unpaired) electrons. The summed E-state index contributed by atoms with van der Waals surface area (Å²) in [5, 5.41) is 14.6. The number of hydrogen-bond donors (Lipinski definition) is 1. The number of nitrogens with zero attached hydrogens (tertiary/aromatic N) is 3. The van der Waals surface area contributed by atoms with Crippen LogP contribution in [0.1, 0.15) is 12.7 Å². The number of furan rings is 1. The van der Waals surface area contributed by atoms with Crippen molar-refractivity contribution in [2.24, 2.45) is 5.10 Å². The number of ether oxygens (including phenoxy) is 1. The highest BCUT2D eigenvalue weighted by molar-refractivity contribution is 7.92. The van der Waals surface area contributed by atoms with E-state index in [1.807, 2.05) is 6.92 Å². The number of hydrogen-bond acceptors (Lipinski definition) is 8. The van der Waals surface area contributed by atoms with Crippen molar-refractivity contribution in [2.75, 3.05) is 23.7 Å². The van der Waals surface area contributed by atoms with E-state index in [2.05, 4.69) is 10.5 Å². The summed E-state index contributed by atoms with van der Waals surface area (Å²) in [6, 6.07) is 15.4. The van der Waals surface area contributed by atoms with E-state index in [1.165, 1.54) is 18.3 Å². The van der Waals surface area contributed by atoms with Crippen molar-refractivity contribution in [2.45, 2.75) is 6.92 Å². The van der Waals surface area contributed by atoms with Crippen LogP contribution in [0.2, 0.25) is 0 Å². The van der Waals surface area contributed by atoms with Crippen LogP contribution < -0.4 is 14.5 Å². The number of hydrazone groups is 1. The first-order valence-electron chi connectivity index (χ1n) is 10.0. The average molecular weight is 487 g/mol. The van der Waals surface area contributed by atoms with Gasteiger partial charge in [-0.3, -0.25) is 19.2 Å². The summed E-state index contributed by atoms with van der Waals surface area (Å²) in [4.78, 5) is 22.6. The van der Waals surface area contributed by atoms with Crippen LogP contribution in [0.3, 0.4) is 0 Å². The van der Waals surface area contributed by atoms with Gasteiger partial charge < -0.3 is 9.15 Å². The molecule has 0 aliphatic rings. The maximum atomic E-state index is 12.3. The Morgan fingerprint density at radius 3 is 2.41 bits per heavy atom. The molecule has 0 saturated carbocycles. The first-order valence-corrected chi connectivity index (χ1v) is 11.9. The van der Waals surface area contributed by atoms with E-state index in [4.69, 9.17) is 9.15 Å². The minimum atomic E-state index is -3.73. The number of sulfonamides is 1. The van der Waals surface area contributed by atoms with Gasteiger partial charge in [-0.25, -0.2) is 13.8 Å². The van der Waals surface area contributed by atoms with Gasteiger partial charge in [0.2, 0.25) is 10.0 Å². The van der Waals surface area contributed by atoms with Gasteiger partial charge in [0.1, 0.15) is 23.8 Å². The SMILES string of the molecule is CCOc1ccc(N(CC(=O)N/N=C\c2ccc(-c3ccc([N+](=O)[O-])cc3)o2)S(C)(=O)=O)cc1. The van der Waals surface area contributed by atoms with Crippen molar-refractivity contribution >= 4 is 33.5 Å². The van der Waals surface area contributed by atoms with Crippen LogP contribution in [0.4, 0.5) is 11.4 Å². The monoisotopic (exact) mass is 486 g/mol. The highest BCUT2D eigenvalue weighted by Crippen LogP contribution is 2.24. The Morgan fingerprint density at radius 1 is 1.15 bits per heavy atom. The normalized spacial score (nSPS) is 11.4. The van der Waals surface area contributed by atoms with Crippen LogP contribution in [0.25, 0.3) is 11.3 Å². The molecule has 0 saturated heterocycles. The zero-order valence-corrected chi connectivity index (χ0v) is 19.2. The number of rotatable bonds is 10. The van der Waals surface area contributed by atoms with E-state index in [1.54, 1.807) is 48.5 Å². The zero-order chi connectivity index (χ0) is 24.7. The lowest BCUT2D eigenvalue weighted by molar-refractivity contribution is -0.384. The fourth-order valence-corrected chi connectivity index (χ4v) is 3.79. The molecule has 0 spiro atoms. The lowest BCUT2D eigenvalue weighted by Gasteiger charge is -2.21. The molecule has 3 rings (SSSR count). The van der Waals surface area contributed by atoms with Gasteiger partial charge in [0.05, 0.1) is 29.7 Å². The molecule has 34 heavy (non-hydrogen) atoms. The number of carbonyl (C=O) groups excluding carboxylic acids is 1. The molecule has 3 aromatic rings. The molecule has 12 heteroatoms. The first kappa shape index (κ1) is 24.5. The van der Waals surface area contributed by atoms with Crippen LogP contribution in [-0.2, 0) is 14.8 Å². The van der Waals surface area contributed by atoms with E-state index < -0.39 is 27.4 Å². The zero-order valence-electron chi connectivity index (χ0n) is 18.4. The Morgan fingerprint density at radius 2 is 1.82 bits per heavy atom. The minimum absolute atomic E-state index is 0.0341. The number of nitrogens with one attached hydrogen (secondary N) is 1. The third-order valence-electron chi connectivity index (χ3n) is 4.49. The Bertz CT molecular complexity index is 1280. The van der Waals surface area contributed by atoms with Crippen molar-refractivity contribution in [3.05, 3.63) is 76.5 Å². The molecule has 0 aliphatic carbocycles. The van der Waals surface area contributed by atoms with Gasteiger partial charge in [-0.05, 0) is 55.5 Å². The van der Waals surface area contributed by atoms with Gasteiger partial charge >= 0.3 is 0 Å². The van der Waals surface area contributed by atoms with E-state index in [9.17, 15) is 23.3 Å². The summed E-state index contributed by atoms with van der Waals surface area (Å²) in [7, 11) is -3.73. The van der Waals surface area contributed by atoms with Crippen molar-refractivity contribution < 1.29 is 27.3 Å². The number of non-ortho nitro benzene ring substituents is 1. The van der Waals surface area contributed by atoms with Crippen LogP contribution in [0, 0.1) is 10.1 Å². The second-order valence-corrected chi connectivity index (χ2v) is 8.90. The third-order valence-corrected chi connectivity index (χ3v) is 5.63. The van der Waals surface area contributed by atoms with E-state index >= 15 is 0 Å². The molecule has 1 heterocycles. The Kier molecular flexibility index (Phi) is 7.64. The molecular weight excluding hydrogens is 464 g/mol. The number of benzene rings is 2. The predicted octanol–water partition coefficient (Wildman–Crippen LogP) is 3.17. The fourth-order valence-electron chi connectivity index (χ4n) is 2.93. The third kappa shape index (κ3) is 6.42. The summed E-state index contributed by atoms with van der Waals surface area (Å²) in [6.07, 6.45) is 2.26. The van der Waals surface area contributed by atoms with Crippen molar-refractivity contribution in [1.82, 2.24) is 5.43 Å².